The van der Waals surface area contributed by atoms with Gasteiger partial charge >= 0.3 is 0 Å². The fourth-order valence-electron chi connectivity index (χ4n) is 5.10. The number of piperidine rings is 1. The summed E-state index contributed by atoms with van der Waals surface area (Å²) in [6.07, 6.45) is 1.99. The number of likely N-dealkylation sites (tertiary alicyclic amines) is 1. The molecule has 3 aromatic rings. The molecule has 40 heavy (non-hydrogen) atoms. The van der Waals surface area contributed by atoms with Crippen LogP contribution in [0.3, 0.4) is 0 Å². The number of benzene rings is 3. The second-order valence-electron chi connectivity index (χ2n) is 10.1. The molecular formula is C34H43N3O3. The van der Waals surface area contributed by atoms with E-state index in [0.717, 1.165) is 22.3 Å². The molecule has 6 nitrogen and oxygen atoms in total. The van der Waals surface area contributed by atoms with Crippen LogP contribution in [0.4, 0.5) is 0 Å². The van der Waals surface area contributed by atoms with Crippen LogP contribution >= 0.6 is 0 Å². The van der Waals surface area contributed by atoms with Crippen LogP contribution in [0.1, 0.15) is 59.3 Å². The van der Waals surface area contributed by atoms with Crippen LogP contribution in [0.5, 0.6) is 5.75 Å². The number of hydrogen-bond acceptors (Lipinski definition) is 4. The number of rotatable bonds is 9. The Hall–Kier alpha value is -4.06. The van der Waals surface area contributed by atoms with Crippen molar-refractivity contribution in [1.29, 1.82) is 0 Å². The molecule has 1 fully saturated rings. The number of hydrogen-bond donors (Lipinski definition) is 2. The first-order chi connectivity index (χ1) is 19.3. The van der Waals surface area contributed by atoms with Crippen molar-refractivity contribution in [3.63, 3.8) is 0 Å². The Bertz CT molecular complexity index is 1280. The maximum Gasteiger partial charge on any atom is 0.257 e. The van der Waals surface area contributed by atoms with Gasteiger partial charge in [-0.05, 0) is 67.5 Å². The molecule has 0 unspecified atom stereocenters. The first-order valence-corrected chi connectivity index (χ1v) is 14.1. The van der Waals surface area contributed by atoms with Gasteiger partial charge < -0.3 is 20.3 Å². The SMILES string of the molecule is C=C(NC(=O)c1cc(OC)cc(C)c1C)N1CCC(Cc2ccccc2)(C(=O)NCc2ccccc2)CC1.CC. The van der Waals surface area contributed by atoms with Crippen molar-refractivity contribution < 1.29 is 14.3 Å². The standard InChI is InChI=1S/C32H37N3O3.C2H6/c1-23-19-28(38-4)20-29(24(23)2)30(36)34-25(3)35-17-15-32(16-18-35,21-26-11-7-5-8-12-26)31(37)33-22-27-13-9-6-10-14-27;1-2/h5-14,19-20H,3,15-18,21-22H2,1-2,4H3,(H,33,37)(H,34,36);1-2H3. The van der Waals surface area contributed by atoms with Crippen molar-refractivity contribution in [2.75, 3.05) is 20.2 Å². The van der Waals surface area contributed by atoms with Gasteiger partial charge in [-0.1, -0.05) is 81.1 Å². The van der Waals surface area contributed by atoms with Crippen LogP contribution in [-0.4, -0.2) is 36.9 Å². The third-order valence-electron chi connectivity index (χ3n) is 7.64. The molecule has 0 atom stereocenters. The summed E-state index contributed by atoms with van der Waals surface area (Å²) in [4.78, 5) is 28.8. The second-order valence-corrected chi connectivity index (χ2v) is 10.1. The van der Waals surface area contributed by atoms with Crippen LogP contribution in [-0.2, 0) is 17.8 Å². The third kappa shape index (κ3) is 7.53. The Morgan fingerprint density at radius 1 is 0.925 bits per heavy atom. The van der Waals surface area contributed by atoms with Gasteiger partial charge in [0.05, 0.1) is 12.5 Å². The van der Waals surface area contributed by atoms with Crippen LogP contribution < -0.4 is 15.4 Å². The van der Waals surface area contributed by atoms with Crippen molar-refractivity contribution in [3.8, 4) is 5.75 Å². The number of carbonyl (C=O) groups is 2. The number of nitrogens with one attached hydrogen (secondary N) is 2. The average molecular weight is 542 g/mol. The molecule has 3 aromatic carbocycles. The van der Waals surface area contributed by atoms with Crippen LogP contribution in [0.15, 0.2) is 85.2 Å². The molecule has 6 heteroatoms. The minimum Gasteiger partial charge on any atom is -0.497 e. The predicted molar refractivity (Wildman–Crippen MR) is 162 cm³/mol. The van der Waals surface area contributed by atoms with Crippen molar-refractivity contribution in [1.82, 2.24) is 15.5 Å². The van der Waals surface area contributed by atoms with Gasteiger partial charge in [-0.15, -0.1) is 0 Å². The van der Waals surface area contributed by atoms with Crippen molar-refractivity contribution in [3.05, 3.63) is 113 Å². The number of methoxy groups -OCH3 is 1. The van der Waals surface area contributed by atoms with Gasteiger partial charge in [0.2, 0.25) is 5.91 Å². The molecule has 2 amide bonds. The average Bonchev–Trinajstić information content (AvgIpc) is 2.99. The quantitative estimate of drug-likeness (QED) is 0.339. The molecule has 1 heterocycles. The van der Waals surface area contributed by atoms with E-state index in [1.807, 2.05) is 82.3 Å². The largest absolute Gasteiger partial charge is 0.497 e. The fraction of sp³-hybridized carbons (Fsp3) is 0.353. The van der Waals surface area contributed by atoms with Gasteiger partial charge in [-0.2, -0.15) is 0 Å². The zero-order valence-corrected chi connectivity index (χ0v) is 24.5. The number of aryl methyl sites for hydroxylation is 1. The summed E-state index contributed by atoms with van der Waals surface area (Å²) in [6.45, 7) is 13.8. The van der Waals surface area contributed by atoms with Crippen LogP contribution in [0.2, 0.25) is 0 Å². The summed E-state index contributed by atoms with van der Waals surface area (Å²) in [5.74, 6) is 1.06. The molecular weight excluding hydrogens is 498 g/mol. The zero-order valence-electron chi connectivity index (χ0n) is 24.5. The van der Waals surface area contributed by atoms with Crippen molar-refractivity contribution in [2.24, 2.45) is 5.41 Å². The molecule has 0 aromatic heterocycles. The highest BCUT2D eigenvalue weighted by molar-refractivity contribution is 5.97. The summed E-state index contributed by atoms with van der Waals surface area (Å²) in [7, 11) is 1.59. The lowest BCUT2D eigenvalue weighted by atomic mass is 9.73. The smallest absolute Gasteiger partial charge is 0.257 e. The number of nitrogens with zero attached hydrogens (tertiary/aromatic N) is 1. The van der Waals surface area contributed by atoms with E-state index in [1.54, 1.807) is 13.2 Å². The van der Waals surface area contributed by atoms with E-state index in [2.05, 4.69) is 34.2 Å². The van der Waals surface area contributed by atoms with Crippen molar-refractivity contribution in [2.45, 2.75) is 53.5 Å². The van der Waals surface area contributed by atoms with E-state index in [0.29, 0.717) is 56.0 Å². The lowest BCUT2D eigenvalue weighted by Crippen LogP contribution is -2.51. The molecule has 1 aliphatic heterocycles. The van der Waals surface area contributed by atoms with E-state index >= 15 is 0 Å². The molecule has 1 aliphatic rings. The molecule has 0 radical (unpaired) electrons. The van der Waals surface area contributed by atoms with E-state index in [-0.39, 0.29) is 11.8 Å². The summed E-state index contributed by atoms with van der Waals surface area (Å²) < 4.78 is 5.35. The molecule has 0 bridgehead atoms. The van der Waals surface area contributed by atoms with Gasteiger partial charge in [0.1, 0.15) is 11.6 Å². The molecule has 0 spiro atoms. The Morgan fingerprint density at radius 2 is 1.50 bits per heavy atom. The predicted octanol–water partition coefficient (Wildman–Crippen LogP) is 6.18. The van der Waals surface area contributed by atoms with E-state index in [4.69, 9.17) is 4.74 Å². The van der Waals surface area contributed by atoms with E-state index in [1.165, 1.54) is 0 Å². The highest BCUT2D eigenvalue weighted by Gasteiger charge is 2.41. The maximum absolute atomic E-state index is 13.6. The number of amides is 2. The van der Waals surface area contributed by atoms with E-state index in [9.17, 15) is 9.59 Å². The van der Waals surface area contributed by atoms with Crippen LogP contribution in [0, 0.1) is 19.3 Å². The monoisotopic (exact) mass is 541 g/mol. The molecule has 0 saturated carbocycles. The molecule has 212 valence electrons. The van der Waals surface area contributed by atoms with Crippen LogP contribution in [0.25, 0.3) is 0 Å². The van der Waals surface area contributed by atoms with Gasteiger partial charge in [0.25, 0.3) is 5.91 Å². The molecule has 4 rings (SSSR count). The minimum atomic E-state index is -0.530. The first-order valence-electron chi connectivity index (χ1n) is 14.1. The summed E-state index contributed by atoms with van der Waals surface area (Å²) in [5, 5.41) is 6.16. The fourth-order valence-corrected chi connectivity index (χ4v) is 5.10. The normalized spacial score (nSPS) is 13.9. The first kappa shape index (κ1) is 30.5. The van der Waals surface area contributed by atoms with Gasteiger partial charge in [0, 0.05) is 25.2 Å². The third-order valence-corrected chi connectivity index (χ3v) is 7.64. The number of carbonyl (C=O) groups excluding carboxylic acids is 2. The summed E-state index contributed by atoms with van der Waals surface area (Å²) >= 11 is 0. The van der Waals surface area contributed by atoms with Gasteiger partial charge in [-0.25, -0.2) is 0 Å². The minimum absolute atomic E-state index is 0.0713. The Morgan fingerprint density at radius 3 is 2.08 bits per heavy atom. The lowest BCUT2D eigenvalue weighted by Gasteiger charge is -2.42. The lowest BCUT2D eigenvalue weighted by molar-refractivity contribution is -0.133. The summed E-state index contributed by atoms with van der Waals surface area (Å²) in [6, 6.07) is 23.8. The molecule has 0 aliphatic carbocycles. The maximum atomic E-state index is 13.6. The Kier molecular flexibility index (Phi) is 10.9. The van der Waals surface area contributed by atoms with Gasteiger partial charge in [0.15, 0.2) is 0 Å². The molecule has 2 N–H and O–H groups in total. The number of ether oxygens (including phenoxy) is 1. The molecule has 1 saturated heterocycles. The second kappa shape index (κ2) is 14.4. The van der Waals surface area contributed by atoms with Crippen molar-refractivity contribution >= 4 is 11.8 Å². The van der Waals surface area contributed by atoms with E-state index < -0.39 is 5.41 Å². The topological polar surface area (TPSA) is 70.7 Å². The Balaban J connectivity index is 0.00000216. The highest BCUT2D eigenvalue weighted by atomic mass is 16.5. The van der Waals surface area contributed by atoms with Gasteiger partial charge in [-0.3, -0.25) is 9.59 Å². The Labute approximate surface area is 239 Å². The highest BCUT2D eigenvalue weighted by Crippen LogP contribution is 2.36. The zero-order chi connectivity index (χ0) is 29.1. The summed E-state index contributed by atoms with van der Waals surface area (Å²) in [5.41, 5.74) is 4.16.